The Hall–Kier alpha value is -2.93. The van der Waals surface area contributed by atoms with Gasteiger partial charge in [-0.3, -0.25) is 19.3 Å². The number of nitrogens with one attached hydrogen (secondary N) is 1. The second-order valence-corrected chi connectivity index (χ2v) is 11.4. The van der Waals surface area contributed by atoms with E-state index in [0.29, 0.717) is 42.1 Å². The summed E-state index contributed by atoms with van der Waals surface area (Å²) in [6, 6.07) is 15.7. The SMILES string of the molecule is COc1cc(/C=C2\SC(=O)N(CCOc3ccccc3Cl)C2=O)cc(I)c1OCC(=O)Nc1ccc(C)c(Cl)c1. The molecule has 0 bridgehead atoms. The summed E-state index contributed by atoms with van der Waals surface area (Å²) in [6.45, 7) is 1.81. The zero-order chi connectivity index (χ0) is 28.8. The van der Waals surface area contributed by atoms with E-state index in [1.807, 2.05) is 13.0 Å². The number of thioether (sulfide) groups is 1. The molecule has 0 radical (unpaired) electrons. The van der Waals surface area contributed by atoms with E-state index < -0.39 is 5.91 Å². The molecule has 3 aromatic rings. The van der Waals surface area contributed by atoms with Crippen molar-refractivity contribution in [2.45, 2.75) is 6.92 Å². The molecule has 1 saturated heterocycles. The van der Waals surface area contributed by atoms with E-state index in [-0.39, 0.29) is 35.8 Å². The van der Waals surface area contributed by atoms with Gasteiger partial charge in [0.1, 0.15) is 12.4 Å². The van der Waals surface area contributed by atoms with E-state index in [1.54, 1.807) is 54.6 Å². The molecular weight excluding hydrogens is 690 g/mol. The summed E-state index contributed by atoms with van der Waals surface area (Å²) in [5.41, 5.74) is 2.10. The number of halogens is 3. The highest BCUT2D eigenvalue weighted by molar-refractivity contribution is 14.1. The first-order valence-electron chi connectivity index (χ1n) is 11.8. The number of imide groups is 1. The van der Waals surface area contributed by atoms with Gasteiger partial charge in [0, 0.05) is 10.7 Å². The summed E-state index contributed by atoms with van der Waals surface area (Å²) in [5.74, 6) is 0.445. The summed E-state index contributed by atoms with van der Waals surface area (Å²) < 4.78 is 17.5. The summed E-state index contributed by atoms with van der Waals surface area (Å²) in [6.07, 6.45) is 1.61. The Morgan fingerprint density at radius 1 is 1.05 bits per heavy atom. The Kier molecular flexibility index (Phi) is 10.2. The third-order valence-corrected chi connectivity index (χ3v) is 8.06. The molecule has 208 valence electrons. The fourth-order valence-electron chi connectivity index (χ4n) is 3.62. The lowest BCUT2D eigenvalue weighted by atomic mass is 10.2. The van der Waals surface area contributed by atoms with Crippen LogP contribution in [0, 0.1) is 10.5 Å². The molecule has 0 aromatic heterocycles. The van der Waals surface area contributed by atoms with Crippen molar-refractivity contribution < 1.29 is 28.6 Å². The number of nitrogens with zero attached hydrogens (tertiary/aromatic N) is 1. The van der Waals surface area contributed by atoms with Gasteiger partial charge >= 0.3 is 0 Å². The molecule has 1 fully saturated rings. The topological polar surface area (TPSA) is 94.2 Å². The highest BCUT2D eigenvalue weighted by atomic mass is 127. The van der Waals surface area contributed by atoms with Gasteiger partial charge in [-0.15, -0.1) is 0 Å². The van der Waals surface area contributed by atoms with Gasteiger partial charge in [-0.05, 0) is 94.9 Å². The number of rotatable bonds is 10. The van der Waals surface area contributed by atoms with Gasteiger partial charge in [-0.2, -0.15) is 0 Å². The third-order valence-electron chi connectivity index (χ3n) is 5.64. The zero-order valence-electron chi connectivity index (χ0n) is 21.3. The molecule has 1 heterocycles. The van der Waals surface area contributed by atoms with Crippen LogP contribution in [0.15, 0.2) is 59.5 Å². The number of benzene rings is 3. The van der Waals surface area contributed by atoms with Gasteiger partial charge in [-0.25, -0.2) is 0 Å². The molecule has 8 nitrogen and oxygen atoms in total. The third kappa shape index (κ3) is 7.42. The van der Waals surface area contributed by atoms with Crippen molar-refractivity contribution in [1.82, 2.24) is 4.90 Å². The summed E-state index contributed by atoms with van der Waals surface area (Å²) in [5, 5.41) is 3.35. The first-order valence-corrected chi connectivity index (χ1v) is 14.5. The van der Waals surface area contributed by atoms with Crippen LogP contribution in [-0.2, 0) is 9.59 Å². The highest BCUT2D eigenvalue weighted by Gasteiger charge is 2.35. The second kappa shape index (κ2) is 13.6. The molecule has 1 aliphatic rings. The fourth-order valence-corrected chi connectivity index (χ4v) is 5.64. The number of amides is 3. The van der Waals surface area contributed by atoms with E-state index in [9.17, 15) is 14.4 Å². The van der Waals surface area contributed by atoms with Gasteiger partial charge in [0.2, 0.25) is 0 Å². The number of anilines is 1. The van der Waals surface area contributed by atoms with Crippen molar-refractivity contribution in [3.63, 3.8) is 0 Å². The van der Waals surface area contributed by atoms with Crippen molar-refractivity contribution >= 4 is 86.4 Å². The lowest BCUT2D eigenvalue weighted by molar-refractivity contribution is -0.123. The number of carbonyl (C=O) groups excluding carboxylic acids is 3. The molecule has 1 aliphatic heterocycles. The number of para-hydroxylation sites is 1. The minimum atomic E-state index is -0.417. The Labute approximate surface area is 259 Å². The largest absolute Gasteiger partial charge is 0.493 e. The molecule has 3 amide bonds. The van der Waals surface area contributed by atoms with E-state index in [4.69, 9.17) is 37.4 Å². The van der Waals surface area contributed by atoms with Crippen LogP contribution in [0.25, 0.3) is 6.08 Å². The summed E-state index contributed by atoms with van der Waals surface area (Å²) >= 11 is 15.1. The number of ether oxygens (including phenoxy) is 3. The number of hydrogen-bond acceptors (Lipinski definition) is 7. The monoisotopic (exact) mass is 712 g/mol. The van der Waals surface area contributed by atoms with E-state index in [1.165, 1.54) is 7.11 Å². The molecule has 0 saturated carbocycles. The molecule has 0 unspecified atom stereocenters. The zero-order valence-corrected chi connectivity index (χ0v) is 25.8. The number of methoxy groups -OCH3 is 1. The van der Waals surface area contributed by atoms with Gasteiger partial charge in [0.05, 0.1) is 27.2 Å². The summed E-state index contributed by atoms with van der Waals surface area (Å²) in [7, 11) is 1.48. The number of carbonyl (C=O) groups is 3. The smallest absolute Gasteiger partial charge is 0.293 e. The van der Waals surface area contributed by atoms with Crippen molar-refractivity contribution in [2.24, 2.45) is 0 Å². The fraction of sp³-hybridized carbons (Fsp3) is 0.179. The minimum Gasteiger partial charge on any atom is -0.493 e. The van der Waals surface area contributed by atoms with Crippen LogP contribution in [0.3, 0.4) is 0 Å². The summed E-state index contributed by atoms with van der Waals surface area (Å²) in [4.78, 5) is 39.3. The van der Waals surface area contributed by atoms with Crippen LogP contribution in [0.2, 0.25) is 10.0 Å². The molecule has 3 aromatic carbocycles. The van der Waals surface area contributed by atoms with Crippen LogP contribution in [0.4, 0.5) is 10.5 Å². The van der Waals surface area contributed by atoms with E-state index >= 15 is 0 Å². The van der Waals surface area contributed by atoms with Crippen LogP contribution < -0.4 is 19.5 Å². The van der Waals surface area contributed by atoms with Gasteiger partial charge < -0.3 is 19.5 Å². The van der Waals surface area contributed by atoms with E-state index in [0.717, 1.165) is 22.2 Å². The highest BCUT2D eigenvalue weighted by Crippen LogP contribution is 2.37. The maximum atomic E-state index is 12.9. The van der Waals surface area contributed by atoms with Crippen LogP contribution in [-0.4, -0.2) is 48.8 Å². The maximum absolute atomic E-state index is 12.9. The molecule has 0 aliphatic carbocycles. The second-order valence-electron chi connectivity index (χ2n) is 8.45. The molecule has 4 rings (SSSR count). The van der Waals surface area contributed by atoms with Crippen LogP contribution in [0.1, 0.15) is 11.1 Å². The van der Waals surface area contributed by atoms with Gasteiger partial charge in [-0.1, -0.05) is 41.4 Å². The molecule has 1 N–H and O–H groups in total. The predicted octanol–water partition coefficient (Wildman–Crippen LogP) is 7.05. The minimum absolute atomic E-state index is 0.0811. The average molecular weight is 713 g/mol. The number of hydrogen-bond donors (Lipinski definition) is 1. The van der Waals surface area contributed by atoms with Crippen molar-refractivity contribution in [3.05, 3.63) is 84.2 Å². The van der Waals surface area contributed by atoms with Crippen LogP contribution >= 0.6 is 57.6 Å². The first kappa shape index (κ1) is 30.0. The van der Waals surface area contributed by atoms with Crippen molar-refractivity contribution in [3.8, 4) is 17.2 Å². The van der Waals surface area contributed by atoms with Gasteiger partial charge in [0.15, 0.2) is 18.1 Å². The lowest BCUT2D eigenvalue weighted by Crippen LogP contribution is -2.32. The quantitative estimate of drug-likeness (QED) is 0.178. The lowest BCUT2D eigenvalue weighted by Gasteiger charge is -2.14. The Balaban J connectivity index is 1.40. The first-order chi connectivity index (χ1) is 19.2. The molecular formula is C28H23Cl2IN2O6S. The standard InChI is InChI=1S/C28H23Cl2IN2O6S/c1-16-7-8-18(14-20(16)30)32-25(34)15-39-26-21(31)11-17(12-23(26)37-2)13-24-27(35)33(28(36)40-24)9-10-38-22-6-4-3-5-19(22)29/h3-8,11-14H,9-10,15H2,1-2H3,(H,32,34)/b24-13-. The van der Waals surface area contributed by atoms with Crippen molar-refractivity contribution in [1.29, 1.82) is 0 Å². The van der Waals surface area contributed by atoms with Gasteiger partial charge in [0.25, 0.3) is 17.1 Å². The number of aryl methyl sites for hydroxylation is 1. The Morgan fingerprint density at radius 2 is 1.82 bits per heavy atom. The molecule has 40 heavy (non-hydrogen) atoms. The Bertz CT molecular complexity index is 1500. The van der Waals surface area contributed by atoms with Crippen LogP contribution in [0.5, 0.6) is 17.2 Å². The average Bonchev–Trinajstić information content (AvgIpc) is 3.18. The predicted molar refractivity (Wildman–Crippen MR) is 166 cm³/mol. The van der Waals surface area contributed by atoms with E-state index in [2.05, 4.69) is 27.9 Å². The van der Waals surface area contributed by atoms with Crippen molar-refractivity contribution in [2.75, 3.05) is 32.2 Å². The maximum Gasteiger partial charge on any atom is 0.293 e. The Morgan fingerprint density at radius 3 is 2.55 bits per heavy atom. The molecule has 12 heteroatoms. The molecule has 0 atom stereocenters. The normalized spacial score (nSPS) is 14.0. The molecule has 0 spiro atoms.